The summed E-state index contributed by atoms with van der Waals surface area (Å²) >= 11 is 0. The van der Waals surface area contributed by atoms with Gasteiger partial charge >= 0.3 is 0 Å². The van der Waals surface area contributed by atoms with Crippen LogP contribution in [0.2, 0.25) is 0 Å². The number of aromatic nitrogens is 4. The second-order valence-corrected chi connectivity index (χ2v) is 7.10. The molecule has 1 saturated carbocycles. The molecule has 132 valence electrons. The number of nitrogens with zero attached hydrogens (tertiary/aromatic N) is 4. The summed E-state index contributed by atoms with van der Waals surface area (Å²) < 4.78 is 2.03. The molecule has 7 heteroatoms. The van der Waals surface area contributed by atoms with E-state index >= 15 is 0 Å². The SMILES string of the molecule is O=C(Cc1n[nH]c(=O)c2ccccc12)N1CCn2nc(C3CC3)cc2C1. The Balaban J connectivity index is 1.38. The maximum Gasteiger partial charge on any atom is 0.272 e. The van der Waals surface area contributed by atoms with E-state index in [0.29, 0.717) is 30.1 Å². The van der Waals surface area contributed by atoms with Crippen LogP contribution < -0.4 is 5.56 Å². The zero-order valence-electron chi connectivity index (χ0n) is 14.3. The Morgan fingerprint density at radius 3 is 2.81 bits per heavy atom. The predicted octanol–water partition coefficient (Wildman–Crippen LogP) is 1.58. The number of benzene rings is 1. The molecule has 1 fully saturated rings. The van der Waals surface area contributed by atoms with Gasteiger partial charge in [-0.05, 0) is 25.0 Å². The first kappa shape index (κ1) is 15.3. The Hall–Kier alpha value is -2.96. The van der Waals surface area contributed by atoms with Gasteiger partial charge in [0.1, 0.15) is 0 Å². The fourth-order valence-corrected chi connectivity index (χ4v) is 3.64. The molecule has 1 aliphatic heterocycles. The number of H-pyrrole nitrogens is 1. The largest absolute Gasteiger partial charge is 0.335 e. The van der Waals surface area contributed by atoms with Gasteiger partial charge in [0.15, 0.2) is 0 Å². The molecule has 26 heavy (non-hydrogen) atoms. The van der Waals surface area contributed by atoms with Crippen LogP contribution in [0, 0.1) is 0 Å². The third kappa shape index (κ3) is 2.60. The Bertz CT molecular complexity index is 1060. The summed E-state index contributed by atoms with van der Waals surface area (Å²) in [5.74, 6) is 0.643. The second kappa shape index (κ2) is 5.79. The lowest BCUT2D eigenvalue weighted by Gasteiger charge is -2.27. The van der Waals surface area contributed by atoms with Crippen molar-refractivity contribution in [3.8, 4) is 0 Å². The van der Waals surface area contributed by atoms with E-state index in [9.17, 15) is 9.59 Å². The monoisotopic (exact) mass is 349 g/mol. The maximum atomic E-state index is 12.8. The van der Waals surface area contributed by atoms with Crippen LogP contribution in [0.3, 0.4) is 0 Å². The number of hydrogen-bond donors (Lipinski definition) is 1. The lowest BCUT2D eigenvalue weighted by molar-refractivity contribution is -0.132. The topological polar surface area (TPSA) is 83.9 Å². The first-order valence-electron chi connectivity index (χ1n) is 9.00. The number of amides is 1. The molecule has 2 aromatic heterocycles. The Morgan fingerprint density at radius 1 is 1.19 bits per heavy atom. The van der Waals surface area contributed by atoms with Crippen molar-refractivity contribution in [3.05, 3.63) is 57.8 Å². The molecule has 1 N–H and O–H groups in total. The lowest BCUT2D eigenvalue weighted by atomic mass is 10.1. The summed E-state index contributed by atoms with van der Waals surface area (Å²) in [5.41, 5.74) is 2.66. The molecule has 3 aromatic rings. The van der Waals surface area contributed by atoms with Crippen LogP contribution >= 0.6 is 0 Å². The molecule has 2 aliphatic rings. The number of carbonyl (C=O) groups excluding carboxylic acids is 1. The summed E-state index contributed by atoms with van der Waals surface area (Å²) in [4.78, 5) is 26.6. The van der Waals surface area contributed by atoms with Crippen LogP contribution in [0.15, 0.2) is 35.1 Å². The molecule has 1 aliphatic carbocycles. The number of aromatic amines is 1. The summed E-state index contributed by atoms with van der Waals surface area (Å²) in [6, 6.07) is 9.41. The van der Waals surface area contributed by atoms with Gasteiger partial charge in [0, 0.05) is 17.8 Å². The van der Waals surface area contributed by atoms with Gasteiger partial charge in [-0.25, -0.2) is 5.10 Å². The summed E-state index contributed by atoms with van der Waals surface area (Å²) in [6.45, 7) is 1.96. The van der Waals surface area contributed by atoms with E-state index in [1.165, 1.54) is 18.5 Å². The number of nitrogens with one attached hydrogen (secondary N) is 1. The highest BCUT2D eigenvalue weighted by atomic mass is 16.2. The zero-order chi connectivity index (χ0) is 17.7. The van der Waals surface area contributed by atoms with Crippen LogP contribution in [0.25, 0.3) is 10.8 Å². The molecule has 5 rings (SSSR count). The lowest BCUT2D eigenvalue weighted by Crippen LogP contribution is -2.39. The van der Waals surface area contributed by atoms with E-state index in [-0.39, 0.29) is 17.9 Å². The molecule has 0 spiro atoms. The van der Waals surface area contributed by atoms with Crippen LogP contribution in [0.5, 0.6) is 0 Å². The normalized spacial score (nSPS) is 16.7. The van der Waals surface area contributed by atoms with Gasteiger partial charge in [-0.2, -0.15) is 10.2 Å². The Morgan fingerprint density at radius 2 is 2.00 bits per heavy atom. The van der Waals surface area contributed by atoms with Crippen LogP contribution in [-0.4, -0.2) is 37.3 Å². The van der Waals surface area contributed by atoms with Crippen molar-refractivity contribution in [2.24, 2.45) is 0 Å². The third-order valence-corrected chi connectivity index (χ3v) is 5.26. The molecule has 1 aromatic carbocycles. The average Bonchev–Trinajstić information content (AvgIpc) is 3.43. The zero-order valence-corrected chi connectivity index (χ0v) is 14.3. The molecule has 0 bridgehead atoms. The minimum atomic E-state index is -0.230. The first-order valence-corrected chi connectivity index (χ1v) is 9.00. The number of hydrogen-bond acceptors (Lipinski definition) is 4. The van der Waals surface area contributed by atoms with Crippen molar-refractivity contribution in [2.75, 3.05) is 6.54 Å². The van der Waals surface area contributed by atoms with E-state index in [2.05, 4.69) is 21.4 Å². The average molecular weight is 349 g/mol. The van der Waals surface area contributed by atoms with E-state index in [4.69, 9.17) is 0 Å². The maximum absolute atomic E-state index is 12.8. The van der Waals surface area contributed by atoms with Crippen LogP contribution in [-0.2, 0) is 24.3 Å². The highest BCUT2D eigenvalue weighted by Crippen LogP contribution is 2.39. The third-order valence-electron chi connectivity index (χ3n) is 5.26. The summed E-state index contributed by atoms with van der Waals surface area (Å²) in [7, 11) is 0. The Kier molecular flexibility index (Phi) is 3.41. The first-order chi connectivity index (χ1) is 12.7. The molecule has 7 nitrogen and oxygen atoms in total. The van der Waals surface area contributed by atoms with Gasteiger partial charge in [-0.3, -0.25) is 14.3 Å². The van der Waals surface area contributed by atoms with Crippen molar-refractivity contribution in [1.29, 1.82) is 0 Å². The summed E-state index contributed by atoms with van der Waals surface area (Å²) in [5, 5.41) is 12.6. The van der Waals surface area contributed by atoms with Gasteiger partial charge in [-0.1, -0.05) is 18.2 Å². The van der Waals surface area contributed by atoms with E-state index in [0.717, 1.165) is 17.6 Å². The van der Waals surface area contributed by atoms with Crippen LogP contribution in [0.4, 0.5) is 0 Å². The van der Waals surface area contributed by atoms with Crippen molar-refractivity contribution in [3.63, 3.8) is 0 Å². The number of fused-ring (bicyclic) bond motifs is 2. The van der Waals surface area contributed by atoms with Crippen molar-refractivity contribution in [1.82, 2.24) is 24.9 Å². The smallest absolute Gasteiger partial charge is 0.272 e. The molecule has 0 radical (unpaired) electrons. The van der Waals surface area contributed by atoms with Gasteiger partial charge in [0.2, 0.25) is 5.91 Å². The second-order valence-electron chi connectivity index (χ2n) is 7.10. The predicted molar refractivity (Wildman–Crippen MR) is 95.7 cm³/mol. The minimum absolute atomic E-state index is 0.0233. The molecule has 0 unspecified atom stereocenters. The fourth-order valence-electron chi connectivity index (χ4n) is 3.64. The van der Waals surface area contributed by atoms with Gasteiger partial charge in [-0.15, -0.1) is 0 Å². The van der Waals surface area contributed by atoms with Crippen molar-refractivity contribution >= 4 is 16.7 Å². The van der Waals surface area contributed by atoms with Gasteiger partial charge < -0.3 is 4.90 Å². The van der Waals surface area contributed by atoms with E-state index < -0.39 is 0 Å². The molecule has 1 amide bonds. The fraction of sp³-hybridized carbons (Fsp3) is 0.368. The van der Waals surface area contributed by atoms with Crippen LogP contribution in [0.1, 0.15) is 35.8 Å². The van der Waals surface area contributed by atoms with E-state index in [1.54, 1.807) is 6.07 Å². The minimum Gasteiger partial charge on any atom is -0.335 e. The van der Waals surface area contributed by atoms with Gasteiger partial charge in [0.25, 0.3) is 5.56 Å². The molecule has 0 atom stereocenters. The Labute approximate surface area is 149 Å². The molecule has 3 heterocycles. The van der Waals surface area contributed by atoms with Gasteiger partial charge in [0.05, 0.1) is 42.0 Å². The van der Waals surface area contributed by atoms with E-state index in [1.807, 2.05) is 27.8 Å². The molecular formula is C19H19N5O2. The highest BCUT2D eigenvalue weighted by molar-refractivity contribution is 5.88. The van der Waals surface area contributed by atoms with Crippen molar-refractivity contribution < 1.29 is 4.79 Å². The molecule has 0 saturated heterocycles. The standard InChI is InChI=1S/C19H19N5O2/c25-18(10-17-14-3-1-2-4-15(14)19(26)21-20-17)23-7-8-24-13(11-23)9-16(22-24)12-5-6-12/h1-4,9,12H,5-8,10-11H2,(H,21,26). The number of carbonyl (C=O) groups is 1. The highest BCUT2D eigenvalue weighted by Gasteiger charge is 2.29. The quantitative estimate of drug-likeness (QED) is 0.778. The number of rotatable bonds is 3. The molecular weight excluding hydrogens is 330 g/mol. The summed E-state index contributed by atoms with van der Waals surface area (Å²) in [6.07, 6.45) is 2.63. The van der Waals surface area contributed by atoms with Crippen molar-refractivity contribution in [2.45, 2.75) is 38.3 Å².